The summed E-state index contributed by atoms with van der Waals surface area (Å²) >= 11 is 0. The molecule has 1 aliphatic rings. The third-order valence-electron chi connectivity index (χ3n) is 4.54. The number of urea groups is 1. The van der Waals surface area contributed by atoms with E-state index < -0.39 is 0 Å². The van der Waals surface area contributed by atoms with Crippen molar-refractivity contribution in [1.29, 1.82) is 0 Å². The second-order valence-corrected chi connectivity index (χ2v) is 6.65. The number of aryl methyl sites for hydroxylation is 1. The highest BCUT2D eigenvalue weighted by Gasteiger charge is 2.12. The van der Waals surface area contributed by atoms with Gasteiger partial charge in [-0.15, -0.1) is 0 Å². The molecule has 1 aromatic carbocycles. The van der Waals surface area contributed by atoms with E-state index in [1.54, 1.807) is 18.2 Å². The van der Waals surface area contributed by atoms with E-state index >= 15 is 0 Å². The van der Waals surface area contributed by atoms with E-state index in [1.807, 2.05) is 20.8 Å². The average molecular weight is 362 g/mol. The van der Waals surface area contributed by atoms with Crippen LogP contribution < -0.4 is 16.0 Å². The van der Waals surface area contributed by atoms with Gasteiger partial charge in [-0.05, 0) is 44.0 Å². The molecule has 0 saturated carbocycles. The molecule has 0 spiro atoms. The maximum Gasteiger partial charge on any atom is 0.319 e. The Morgan fingerprint density at radius 3 is 2.65 bits per heavy atom. The number of nitrogens with one attached hydrogen (secondary N) is 3. The molecule has 2 rings (SSSR count). The molecule has 1 saturated heterocycles. The van der Waals surface area contributed by atoms with Gasteiger partial charge in [0, 0.05) is 43.5 Å². The maximum absolute atomic E-state index is 12.2. The first kappa shape index (κ1) is 20.2. The van der Waals surface area contributed by atoms with Crippen LogP contribution in [-0.2, 0) is 4.74 Å². The quantitative estimate of drug-likeness (QED) is 0.693. The predicted molar refractivity (Wildman–Crippen MR) is 103 cm³/mol. The number of nitrogens with zero attached hydrogens (tertiary/aromatic N) is 1. The van der Waals surface area contributed by atoms with Gasteiger partial charge in [0.2, 0.25) is 0 Å². The lowest BCUT2D eigenvalue weighted by Crippen LogP contribution is -2.42. The van der Waals surface area contributed by atoms with Crippen molar-refractivity contribution in [2.75, 3.05) is 44.7 Å². The topological polar surface area (TPSA) is 82.7 Å². The molecule has 0 bridgehead atoms. The second kappa shape index (κ2) is 10.1. The first-order valence-electron chi connectivity index (χ1n) is 9.26. The fraction of sp³-hybridized carbons (Fsp3) is 0.579. The van der Waals surface area contributed by atoms with Gasteiger partial charge in [0.05, 0.1) is 13.2 Å². The summed E-state index contributed by atoms with van der Waals surface area (Å²) in [5, 5.41) is 8.65. The molecule has 1 atom stereocenters. The van der Waals surface area contributed by atoms with Crippen LogP contribution in [0.15, 0.2) is 18.2 Å². The number of ether oxygens (including phenoxy) is 1. The molecular formula is C19H30N4O3. The Labute approximate surface area is 155 Å². The highest BCUT2D eigenvalue weighted by molar-refractivity contribution is 5.96. The van der Waals surface area contributed by atoms with Gasteiger partial charge in [-0.3, -0.25) is 9.69 Å². The molecule has 3 amide bonds. The van der Waals surface area contributed by atoms with E-state index in [2.05, 4.69) is 20.9 Å². The van der Waals surface area contributed by atoms with Gasteiger partial charge in [-0.1, -0.05) is 6.92 Å². The minimum absolute atomic E-state index is 0.0936. The van der Waals surface area contributed by atoms with Crippen LogP contribution in [0.1, 0.15) is 36.2 Å². The number of anilines is 1. The van der Waals surface area contributed by atoms with Gasteiger partial charge in [-0.25, -0.2) is 4.79 Å². The van der Waals surface area contributed by atoms with Crippen LogP contribution in [0.3, 0.4) is 0 Å². The molecule has 3 N–H and O–H groups in total. The third kappa shape index (κ3) is 6.31. The summed E-state index contributed by atoms with van der Waals surface area (Å²) in [5.41, 5.74) is 2.15. The molecule has 1 fully saturated rings. The van der Waals surface area contributed by atoms with Gasteiger partial charge in [0.15, 0.2) is 0 Å². The highest BCUT2D eigenvalue weighted by atomic mass is 16.5. The van der Waals surface area contributed by atoms with E-state index in [0.717, 1.165) is 44.8 Å². The van der Waals surface area contributed by atoms with Crippen LogP contribution in [0, 0.1) is 6.92 Å². The number of carbonyl (C=O) groups excluding carboxylic acids is 2. The molecule has 0 radical (unpaired) electrons. The number of hydrogen-bond donors (Lipinski definition) is 3. The Bertz CT molecular complexity index is 615. The minimum atomic E-state index is -0.238. The number of hydrogen-bond acceptors (Lipinski definition) is 4. The second-order valence-electron chi connectivity index (χ2n) is 6.65. The van der Waals surface area contributed by atoms with Crippen molar-refractivity contribution in [3.05, 3.63) is 29.3 Å². The summed E-state index contributed by atoms with van der Waals surface area (Å²) < 4.78 is 5.30. The van der Waals surface area contributed by atoms with Crippen molar-refractivity contribution in [3.63, 3.8) is 0 Å². The smallest absolute Gasteiger partial charge is 0.319 e. The number of benzene rings is 1. The molecule has 0 aliphatic carbocycles. The highest BCUT2D eigenvalue weighted by Crippen LogP contribution is 2.16. The fourth-order valence-electron chi connectivity index (χ4n) is 2.67. The van der Waals surface area contributed by atoms with E-state index in [1.165, 1.54) is 0 Å². The Balaban J connectivity index is 1.81. The average Bonchev–Trinajstić information content (AvgIpc) is 2.64. The van der Waals surface area contributed by atoms with Crippen molar-refractivity contribution >= 4 is 17.6 Å². The molecule has 7 heteroatoms. The summed E-state index contributed by atoms with van der Waals surface area (Å²) in [4.78, 5) is 26.5. The number of rotatable bonds is 7. The summed E-state index contributed by atoms with van der Waals surface area (Å²) in [6.07, 6.45) is 0.884. The molecule has 1 heterocycles. The summed E-state index contributed by atoms with van der Waals surface area (Å²) in [5.74, 6) is -0.0936. The molecular weight excluding hydrogens is 332 g/mol. The SMILES string of the molecule is CCC(C)NC(=O)c1ccc(NC(=O)NCCN2CCOCC2)c(C)c1. The minimum Gasteiger partial charge on any atom is -0.379 e. The van der Waals surface area contributed by atoms with Crippen molar-refractivity contribution < 1.29 is 14.3 Å². The standard InChI is InChI=1S/C19H30N4O3/c1-4-15(3)21-18(24)16-5-6-17(14(2)13-16)22-19(25)20-7-8-23-9-11-26-12-10-23/h5-6,13,15H,4,7-12H2,1-3H3,(H,21,24)(H2,20,22,25). The summed E-state index contributed by atoms with van der Waals surface area (Å²) in [7, 11) is 0. The number of amides is 3. The van der Waals surface area contributed by atoms with Crippen LogP contribution in [0.5, 0.6) is 0 Å². The van der Waals surface area contributed by atoms with Gasteiger partial charge >= 0.3 is 6.03 Å². The molecule has 1 aromatic rings. The Morgan fingerprint density at radius 1 is 1.27 bits per heavy atom. The van der Waals surface area contributed by atoms with E-state index in [9.17, 15) is 9.59 Å². The first-order chi connectivity index (χ1) is 12.5. The maximum atomic E-state index is 12.2. The lowest BCUT2D eigenvalue weighted by Gasteiger charge is -2.26. The van der Waals surface area contributed by atoms with E-state index in [4.69, 9.17) is 4.74 Å². The number of carbonyl (C=O) groups is 2. The lowest BCUT2D eigenvalue weighted by molar-refractivity contribution is 0.0388. The van der Waals surface area contributed by atoms with Crippen LogP contribution in [0.2, 0.25) is 0 Å². The van der Waals surface area contributed by atoms with Gasteiger partial charge in [0.25, 0.3) is 5.91 Å². The van der Waals surface area contributed by atoms with Gasteiger partial charge in [-0.2, -0.15) is 0 Å². The summed E-state index contributed by atoms with van der Waals surface area (Å²) in [6, 6.07) is 5.19. The first-order valence-corrected chi connectivity index (χ1v) is 9.26. The zero-order valence-corrected chi connectivity index (χ0v) is 15.9. The predicted octanol–water partition coefficient (Wildman–Crippen LogP) is 1.98. The summed E-state index contributed by atoms with van der Waals surface area (Å²) in [6.45, 7) is 10.6. The molecule has 7 nitrogen and oxygen atoms in total. The number of morpholine rings is 1. The largest absolute Gasteiger partial charge is 0.379 e. The van der Waals surface area contributed by atoms with E-state index in [0.29, 0.717) is 17.8 Å². The molecule has 0 aromatic heterocycles. The van der Waals surface area contributed by atoms with Gasteiger partial charge < -0.3 is 20.7 Å². The van der Waals surface area contributed by atoms with Crippen molar-refractivity contribution in [1.82, 2.24) is 15.5 Å². The monoisotopic (exact) mass is 362 g/mol. The van der Waals surface area contributed by atoms with Crippen LogP contribution >= 0.6 is 0 Å². The van der Waals surface area contributed by atoms with Gasteiger partial charge in [0.1, 0.15) is 0 Å². The third-order valence-corrected chi connectivity index (χ3v) is 4.54. The Hall–Kier alpha value is -2.12. The molecule has 1 unspecified atom stereocenters. The zero-order chi connectivity index (χ0) is 18.9. The lowest BCUT2D eigenvalue weighted by atomic mass is 10.1. The van der Waals surface area contributed by atoms with Crippen molar-refractivity contribution in [2.24, 2.45) is 0 Å². The zero-order valence-electron chi connectivity index (χ0n) is 15.9. The van der Waals surface area contributed by atoms with Crippen LogP contribution in [-0.4, -0.2) is 62.3 Å². The van der Waals surface area contributed by atoms with Crippen LogP contribution in [0.4, 0.5) is 10.5 Å². The normalized spacial score (nSPS) is 16.0. The Kier molecular flexibility index (Phi) is 7.87. The molecule has 26 heavy (non-hydrogen) atoms. The van der Waals surface area contributed by atoms with Crippen molar-refractivity contribution in [3.8, 4) is 0 Å². The van der Waals surface area contributed by atoms with E-state index in [-0.39, 0.29) is 18.0 Å². The van der Waals surface area contributed by atoms with Crippen LogP contribution in [0.25, 0.3) is 0 Å². The molecule has 1 aliphatic heterocycles. The fourth-order valence-corrected chi connectivity index (χ4v) is 2.67. The Morgan fingerprint density at radius 2 is 2.00 bits per heavy atom. The molecule has 144 valence electrons. The van der Waals surface area contributed by atoms with Crippen molar-refractivity contribution in [2.45, 2.75) is 33.2 Å².